The molecule has 1 amide bonds. The van der Waals surface area contributed by atoms with E-state index in [0.29, 0.717) is 19.5 Å². The molecule has 0 unspecified atom stereocenters. The van der Waals surface area contributed by atoms with E-state index in [1.54, 1.807) is 11.2 Å². The lowest BCUT2D eigenvalue weighted by molar-refractivity contribution is -0.132. The highest BCUT2D eigenvalue weighted by Crippen LogP contribution is 2.09. The molecule has 0 saturated carbocycles. The van der Waals surface area contributed by atoms with Crippen LogP contribution in [0.1, 0.15) is 6.42 Å². The lowest BCUT2D eigenvalue weighted by Gasteiger charge is -2.14. The minimum atomic E-state index is -0.344. The van der Waals surface area contributed by atoms with Crippen LogP contribution < -0.4 is 0 Å². The highest BCUT2D eigenvalue weighted by Gasteiger charge is 2.24. The Morgan fingerprint density at radius 1 is 1.83 bits per heavy atom. The maximum Gasteiger partial charge on any atom is 0.250 e. The van der Waals surface area contributed by atoms with Crippen LogP contribution >= 0.6 is 12.0 Å². The number of hydrogen-bond acceptors (Lipinski definition) is 4. The quantitative estimate of drug-likeness (QED) is 0.632. The van der Waals surface area contributed by atoms with Crippen molar-refractivity contribution in [2.45, 2.75) is 12.5 Å². The molecular formula is C7H13NO3S. The Hall–Kier alpha value is -0.260. The van der Waals surface area contributed by atoms with Crippen molar-refractivity contribution in [3.63, 3.8) is 0 Å². The van der Waals surface area contributed by atoms with Gasteiger partial charge in [0, 0.05) is 19.3 Å². The van der Waals surface area contributed by atoms with E-state index in [1.165, 1.54) is 12.0 Å². The van der Waals surface area contributed by atoms with Crippen LogP contribution in [0.15, 0.2) is 0 Å². The number of carbonyl (C=O) groups is 1. The first-order valence-corrected chi connectivity index (χ1v) is 5.00. The molecule has 0 aromatic heterocycles. The van der Waals surface area contributed by atoms with Gasteiger partial charge in [-0.3, -0.25) is 4.79 Å². The van der Waals surface area contributed by atoms with Crippen molar-refractivity contribution in [2.24, 2.45) is 0 Å². The van der Waals surface area contributed by atoms with Gasteiger partial charge in [0.05, 0.1) is 6.10 Å². The number of carbonyl (C=O) groups excluding carboxylic acids is 1. The Kier molecular flexibility index (Phi) is 3.84. The number of nitrogens with zero attached hydrogens (tertiary/aromatic N) is 1. The Labute approximate surface area is 76.1 Å². The summed E-state index contributed by atoms with van der Waals surface area (Å²) in [5.74, 6) is -0.0408. The number of rotatable bonds is 3. The zero-order chi connectivity index (χ0) is 8.97. The molecule has 1 saturated heterocycles. The summed E-state index contributed by atoms with van der Waals surface area (Å²) in [5.41, 5.74) is 0. The Morgan fingerprint density at radius 2 is 2.58 bits per heavy atom. The maximum absolute atomic E-state index is 11.2. The van der Waals surface area contributed by atoms with Crippen molar-refractivity contribution >= 4 is 17.9 Å². The van der Waals surface area contributed by atoms with Gasteiger partial charge in [-0.05, 0) is 18.5 Å². The van der Waals surface area contributed by atoms with Gasteiger partial charge in [-0.1, -0.05) is 0 Å². The number of aliphatic hydroxyl groups excluding tert-OH is 1. The predicted octanol–water partition coefficient (Wildman–Crippen LogP) is -0.126. The van der Waals surface area contributed by atoms with Gasteiger partial charge in [0.15, 0.2) is 0 Å². The van der Waals surface area contributed by atoms with Gasteiger partial charge in [-0.25, -0.2) is 0 Å². The van der Waals surface area contributed by atoms with Crippen molar-refractivity contribution in [3.8, 4) is 0 Å². The zero-order valence-corrected chi connectivity index (χ0v) is 7.84. The molecule has 1 atom stereocenters. The highest BCUT2D eigenvalue weighted by molar-refractivity contribution is 7.93. The standard InChI is InChI=1S/C7H13NO3S/c1-12-11-5-7(10)8-3-2-6(9)4-8/h6,9H,2-5H2,1H3/t6-/m1/s1. The molecule has 0 spiro atoms. The average molecular weight is 191 g/mol. The Bertz CT molecular complexity index is 165. The van der Waals surface area contributed by atoms with E-state index in [0.717, 1.165) is 0 Å². The van der Waals surface area contributed by atoms with Gasteiger partial charge < -0.3 is 14.2 Å². The number of hydrogen-bond donors (Lipinski definition) is 1. The maximum atomic E-state index is 11.2. The van der Waals surface area contributed by atoms with Crippen molar-refractivity contribution in [1.29, 1.82) is 0 Å². The lowest BCUT2D eigenvalue weighted by atomic mass is 10.3. The third-order valence-electron chi connectivity index (χ3n) is 1.82. The zero-order valence-electron chi connectivity index (χ0n) is 7.02. The molecule has 70 valence electrons. The van der Waals surface area contributed by atoms with Crippen molar-refractivity contribution in [1.82, 2.24) is 4.90 Å². The first kappa shape index (κ1) is 9.83. The monoisotopic (exact) mass is 191 g/mol. The average Bonchev–Trinajstić information content (AvgIpc) is 2.47. The van der Waals surface area contributed by atoms with Crippen LogP contribution in [0.25, 0.3) is 0 Å². The van der Waals surface area contributed by atoms with Gasteiger partial charge in [-0.2, -0.15) is 0 Å². The minimum Gasteiger partial charge on any atom is -0.391 e. The molecule has 0 aromatic carbocycles. The highest BCUT2D eigenvalue weighted by atomic mass is 32.2. The normalized spacial score (nSPS) is 23.2. The molecule has 1 aliphatic rings. The second-order valence-electron chi connectivity index (χ2n) is 2.71. The van der Waals surface area contributed by atoms with Crippen molar-refractivity contribution < 1.29 is 14.1 Å². The van der Waals surface area contributed by atoms with Crippen molar-refractivity contribution in [3.05, 3.63) is 0 Å². The molecule has 0 bridgehead atoms. The molecule has 1 N–H and O–H groups in total. The van der Waals surface area contributed by atoms with Crippen LogP contribution in [0.5, 0.6) is 0 Å². The van der Waals surface area contributed by atoms with Gasteiger partial charge in [-0.15, -0.1) is 0 Å². The van der Waals surface area contributed by atoms with Crippen molar-refractivity contribution in [2.75, 3.05) is 26.0 Å². The molecule has 0 aromatic rings. The van der Waals surface area contributed by atoms with Crippen LogP contribution in [0.4, 0.5) is 0 Å². The molecule has 12 heavy (non-hydrogen) atoms. The summed E-state index contributed by atoms with van der Waals surface area (Å²) in [6, 6.07) is 0. The number of aliphatic hydroxyl groups is 1. The predicted molar refractivity (Wildman–Crippen MR) is 46.7 cm³/mol. The smallest absolute Gasteiger partial charge is 0.250 e. The third kappa shape index (κ3) is 2.66. The number of amides is 1. The summed E-state index contributed by atoms with van der Waals surface area (Å²) in [6.07, 6.45) is 2.11. The van der Waals surface area contributed by atoms with E-state index in [4.69, 9.17) is 9.29 Å². The van der Waals surface area contributed by atoms with Crippen LogP contribution in [0.3, 0.4) is 0 Å². The van der Waals surface area contributed by atoms with E-state index >= 15 is 0 Å². The second-order valence-corrected chi connectivity index (χ2v) is 3.28. The molecule has 0 radical (unpaired) electrons. The fraction of sp³-hybridized carbons (Fsp3) is 0.857. The number of β-amino-alcohol motifs (C(OH)–C–C–N with tert-alkyl or cyclic N) is 1. The summed E-state index contributed by atoms with van der Waals surface area (Å²) in [6.45, 7) is 1.21. The summed E-state index contributed by atoms with van der Waals surface area (Å²) in [4.78, 5) is 12.9. The summed E-state index contributed by atoms with van der Waals surface area (Å²) < 4.78 is 4.89. The summed E-state index contributed by atoms with van der Waals surface area (Å²) in [7, 11) is 0. The van der Waals surface area contributed by atoms with E-state index in [1.807, 2.05) is 0 Å². The van der Waals surface area contributed by atoms with E-state index < -0.39 is 0 Å². The van der Waals surface area contributed by atoms with E-state index in [9.17, 15) is 4.79 Å². The SMILES string of the molecule is CSOCC(=O)N1CC[C@@H](O)C1. The minimum absolute atomic E-state index is 0.0408. The third-order valence-corrected chi connectivity index (χ3v) is 2.17. The summed E-state index contributed by atoms with van der Waals surface area (Å²) in [5, 5.41) is 9.13. The Balaban J connectivity index is 2.23. The largest absolute Gasteiger partial charge is 0.391 e. The molecule has 4 nitrogen and oxygen atoms in total. The topological polar surface area (TPSA) is 49.8 Å². The fourth-order valence-electron chi connectivity index (χ4n) is 1.17. The van der Waals surface area contributed by atoms with Crippen LogP contribution in [0.2, 0.25) is 0 Å². The Morgan fingerprint density at radius 3 is 3.08 bits per heavy atom. The molecule has 1 aliphatic heterocycles. The molecule has 5 heteroatoms. The number of likely N-dealkylation sites (tertiary alicyclic amines) is 1. The van der Waals surface area contributed by atoms with Gasteiger partial charge in [0.25, 0.3) is 0 Å². The van der Waals surface area contributed by atoms with Crippen LogP contribution in [0, 0.1) is 0 Å². The van der Waals surface area contributed by atoms with Gasteiger partial charge in [0.1, 0.15) is 6.61 Å². The van der Waals surface area contributed by atoms with Crippen LogP contribution in [-0.2, 0) is 8.98 Å². The summed E-state index contributed by atoms with van der Waals surface area (Å²) >= 11 is 1.18. The second kappa shape index (κ2) is 4.69. The molecular weight excluding hydrogens is 178 g/mol. The van der Waals surface area contributed by atoms with E-state index in [2.05, 4.69) is 0 Å². The molecule has 1 fully saturated rings. The first-order chi connectivity index (χ1) is 5.74. The lowest BCUT2D eigenvalue weighted by Crippen LogP contribution is -2.32. The first-order valence-electron chi connectivity index (χ1n) is 3.85. The van der Waals surface area contributed by atoms with Crippen LogP contribution in [-0.4, -0.2) is 48.0 Å². The van der Waals surface area contributed by atoms with Gasteiger partial charge in [0.2, 0.25) is 5.91 Å². The molecule has 1 heterocycles. The fourth-order valence-corrected chi connectivity index (χ4v) is 1.39. The van der Waals surface area contributed by atoms with E-state index in [-0.39, 0.29) is 18.6 Å². The molecule has 1 rings (SSSR count). The molecule has 0 aliphatic carbocycles. The van der Waals surface area contributed by atoms with Gasteiger partial charge >= 0.3 is 0 Å².